The van der Waals surface area contributed by atoms with Crippen molar-refractivity contribution >= 4 is 5.91 Å². The number of amides is 1. The number of carbonyl (C=O) groups is 1. The molecule has 0 aromatic heterocycles. The predicted octanol–water partition coefficient (Wildman–Crippen LogP) is 0.289. The highest BCUT2D eigenvalue weighted by molar-refractivity contribution is 5.77. The van der Waals surface area contributed by atoms with Gasteiger partial charge in [-0.25, -0.2) is 0 Å². The van der Waals surface area contributed by atoms with Gasteiger partial charge in [0.25, 0.3) is 0 Å². The maximum absolute atomic E-state index is 11.2. The number of ether oxygens (including phenoxy) is 1. The first kappa shape index (κ1) is 11.5. The van der Waals surface area contributed by atoms with Crippen molar-refractivity contribution in [1.82, 2.24) is 4.90 Å². The summed E-state index contributed by atoms with van der Waals surface area (Å²) in [5.41, 5.74) is 0. The third kappa shape index (κ3) is 4.07. The van der Waals surface area contributed by atoms with Crippen LogP contribution in [0.5, 0.6) is 0 Å². The smallest absolute Gasteiger partial charge is 0.224 e. The Morgan fingerprint density at radius 2 is 2.14 bits per heavy atom. The third-order valence-electron chi connectivity index (χ3n) is 2.32. The Hall–Kier alpha value is -0.610. The fourth-order valence-electron chi connectivity index (χ4n) is 1.35. The fourth-order valence-corrected chi connectivity index (χ4v) is 1.35. The lowest BCUT2D eigenvalue weighted by molar-refractivity contribution is -0.870. The quantitative estimate of drug-likeness (QED) is 0.472. The van der Waals surface area contributed by atoms with Gasteiger partial charge in [-0.05, 0) is 6.42 Å². The molecule has 1 saturated heterocycles. The number of carbonyl (C=O) groups excluding carboxylic acids is 1. The average molecular weight is 201 g/mol. The summed E-state index contributed by atoms with van der Waals surface area (Å²) in [4.78, 5) is 13.0. The first-order chi connectivity index (χ1) is 6.49. The zero-order valence-electron chi connectivity index (χ0n) is 9.45. The molecule has 0 bridgehead atoms. The molecule has 82 valence electrons. The van der Waals surface area contributed by atoms with Crippen molar-refractivity contribution in [2.45, 2.75) is 12.8 Å². The van der Waals surface area contributed by atoms with Crippen LogP contribution in [-0.2, 0) is 9.53 Å². The molecule has 0 saturated carbocycles. The standard InChI is InChI=1S/C10H21N2O2/c1-12(2,3)7-8-14-9-11-6-4-5-10(11)13/h4-9H2,1-3H3/q+1. The average Bonchev–Trinajstić information content (AvgIpc) is 2.44. The van der Waals surface area contributed by atoms with Crippen LogP contribution < -0.4 is 0 Å². The molecular weight excluding hydrogens is 180 g/mol. The molecule has 1 aliphatic rings. The summed E-state index contributed by atoms with van der Waals surface area (Å²) in [6, 6.07) is 0. The minimum atomic E-state index is 0.232. The summed E-state index contributed by atoms with van der Waals surface area (Å²) >= 11 is 0. The fraction of sp³-hybridized carbons (Fsp3) is 0.900. The number of quaternary nitrogens is 1. The van der Waals surface area contributed by atoms with E-state index in [-0.39, 0.29) is 5.91 Å². The Labute approximate surface area is 86.0 Å². The molecule has 1 aliphatic heterocycles. The van der Waals surface area contributed by atoms with E-state index in [0.29, 0.717) is 19.8 Å². The summed E-state index contributed by atoms with van der Waals surface area (Å²) < 4.78 is 6.35. The Morgan fingerprint density at radius 3 is 2.64 bits per heavy atom. The van der Waals surface area contributed by atoms with Gasteiger partial charge in [0.1, 0.15) is 13.3 Å². The van der Waals surface area contributed by atoms with Crippen molar-refractivity contribution in [1.29, 1.82) is 0 Å². The highest BCUT2D eigenvalue weighted by Gasteiger charge is 2.19. The van der Waals surface area contributed by atoms with Crippen molar-refractivity contribution in [3.63, 3.8) is 0 Å². The number of hydrogen-bond donors (Lipinski definition) is 0. The molecule has 0 unspecified atom stereocenters. The van der Waals surface area contributed by atoms with Gasteiger partial charge in [-0.2, -0.15) is 0 Å². The summed E-state index contributed by atoms with van der Waals surface area (Å²) in [7, 11) is 6.39. The van der Waals surface area contributed by atoms with E-state index in [0.717, 1.165) is 24.0 Å². The van der Waals surface area contributed by atoms with Crippen LogP contribution in [0.3, 0.4) is 0 Å². The molecule has 1 fully saturated rings. The monoisotopic (exact) mass is 201 g/mol. The molecule has 1 amide bonds. The van der Waals surface area contributed by atoms with Crippen LogP contribution in [-0.4, -0.2) is 62.9 Å². The number of rotatable bonds is 5. The van der Waals surface area contributed by atoms with Gasteiger partial charge in [-0.3, -0.25) is 4.79 Å². The van der Waals surface area contributed by atoms with Crippen molar-refractivity contribution in [3.05, 3.63) is 0 Å². The lowest BCUT2D eigenvalue weighted by Gasteiger charge is -2.24. The molecule has 0 atom stereocenters. The number of hydrogen-bond acceptors (Lipinski definition) is 2. The van der Waals surface area contributed by atoms with Gasteiger partial charge in [-0.1, -0.05) is 0 Å². The van der Waals surface area contributed by atoms with Crippen LogP contribution in [0.1, 0.15) is 12.8 Å². The summed E-state index contributed by atoms with van der Waals surface area (Å²) in [6.07, 6.45) is 1.68. The summed E-state index contributed by atoms with van der Waals surface area (Å²) in [5.74, 6) is 0.232. The van der Waals surface area contributed by atoms with E-state index in [2.05, 4.69) is 21.1 Å². The third-order valence-corrected chi connectivity index (χ3v) is 2.32. The number of likely N-dealkylation sites (N-methyl/N-ethyl adjacent to an activating group) is 1. The molecule has 14 heavy (non-hydrogen) atoms. The highest BCUT2D eigenvalue weighted by Crippen LogP contribution is 2.08. The largest absolute Gasteiger partial charge is 0.355 e. The summed E-state index contributed by atoms with van der Waals surface area (Å²) in [6.45, 7) is 3.03. The minimum Gasteiger partial charge on any atom is -0.355 e. The van der Waals surface area contributed by atoms with E-state index in [1.165, 1.54) is 0 Å². The maximum atomic E-state index is 11.2. The second kappa shape index (κ2) is 4.75. The molecule has 1 heterocycles. The Bertz CT molecular complexity index is 199. The number of nitrogens with zero attached hydrogens (tertiary/aromatic N) is 2. The topological polar surface area (TPSA) is 29.5 Å². The Morgan fingerprint density at radius 1 is 1.43 bits per heavy atom. The van der Waals surface area contributed by atoms with E-state index in [1.54, 1.807) is 4.90 Å². The van der Waals surface area contributed by atoms with E-state index in [1.807, 2.05) is 0 Å². The SMILES string of the molecule is C[N+](C)(C)CCOCN1CCCC1=O. The van der Waals surface area contributed by atoms with Gasteiger partial charge >= 0.3 is 0 Å². The zero-order chi connectivity index (χ0) is 10.6. The molecule has 0 aliphatic carbocycles. The molecule has 0 radical (unpaired) electrons. The van der Waals surface area contributed by atoms with Crippen LogP contribution in [0.15, 0.2) is 0 Å². The van der Waals surface area contributed by atoms with Crippen LogP contribution in [0, 0.1) is 0 Å². The normalized spacial score (nSPS) is 17.9. The molecule has 0 aromatic rings. The first-order valence-corrected chi connectivity index (χ1v) is 5.15. The highest BCUT2D eigenvalue weighted by atomic mass is 16.5. The van der Waals surface area contributed by atoms with Crippen molar-refractivity contribution in [2.24, 2.45) is 0 Å². The Balaban J connectivity index is 2.07. The van der Waals surface area contributed by atoms with Crippen molar-refractivity contribution < 1.29 is 14.0 Å². The molecule has 0 spiro atoms. The summed E-state index contributed by atoms with van der Waals surface area (Å²) in [5, 5.41) is 0. The molecule has 1 rings (SSSR count). The lowest BCUT2D eigenvalue weighted by Crippen LogP contribution is -2.38. The maximum Gasteiger partial charge on any atom is 0.224 e. The van der Waals surface area contributed by atoms with Gasteiger partial charge in [0.05, 0.1) is 27.7 Å². The second-order valence-electron chi connectivity index (χ2n) is 4.81. The predicted molar refractivity (Wildman–Crippen MR) is 54.7 cm³/mol. The van der Waals surface area contributed by atoms with Crippen molar-refractivity contribution in [2.75, 3.05) is 47.6 Å². The first-order valence-electron chi connectivity index (χ1n) is 5.15. The van der Waals surface area contributed by atoms with Gasteiger partial charge in [0, 0.05) is 13.0 Å². The molecule has 0 aromatic carbocycles. The van der Waals surface area contributed by atoms with Gasteiger partial charge < -0.3 is 14.1 Å². The molecular formula is C10H21N2O2+. The lowest BCUT2D eigenvalue weighted by atomic mass is 10.4. The second-order valence-corrected chi connectivity index (χ2v) is 4.81. The van der Waals surface area contributed by atoms with Crippen LogP contribution in [0.2, 0.25) is 0 Å². The van der Waals surface area contributed by atoms with E-state index >= 15 is 0 Å². The van der Waals surface area contributed by atoms with E-state index in [4.69, 9.17) is 4.74 Å². The van der Waals surface area contributed by atoms with Crippen LogP contribution in [0.25, 0.3) is 0 Å². The molecule has 0 N–H and O–H groups in total. The van der Waals surface area contributed by atoms with E-state index < -0.39 is 0 Å². The zero-order valence-corrected chi connectivity index (χ0v) is 9.45. The minimum absolute atomic E-state index is 0.232. The molecule has 4 heteroatoms. The van der Waals surface area contributed by atoms with Crippen LogP contribution in [0.4, 0.5) is 0 Å². The van der Waals surface area contributed by atoms with Crippen molar-refractivity contribution in [3.8, 4) is 0 Å². The van der Waals surface area contributed by atoms with Gasteiger partial charge in [-0.15, -0.1) is 0 Å². The van der Waals surface area contributed by atoms with Gasteiger partial charge in [0.15, 0.2) is 0 Å². The van der Waals surface area contributed by atoms with Crippen LogP contribution >= 0.6 is 0 Å². The molecule has 4 nitrogen and oxygen atoms in total. The van der Waals surface area contributed by atoms with Gasteiger partial charge in [0.2, 0.25) is 5.91 Å². The Kier molecular flexibility index (Phi) is 3.89. The number of likely N-dealkylation sites (tertiary alicyclic amines) is 1. The van der Waals surface area contributed by atoms with E-state index in [9.17, 15) is 4.79 Å².